The molecule has 0 aliphatic carbocycles. The predicted molar refractivity (Wildman–Crippen MR) is 91.2 cm³/mol. The van der Waals surface area contributed by atoms with Gasteiger partial charge in [-0.25, -0.2) is 22.7 Å². The molecule has 2 N–H and O–H groups in total. The van der Waals surface area contributed by atoms with Gasteiger partial charge in [0.05, 0.1) is 40.5 Å². The average molecular weight is 360 g/mol. The van der Waals surface area contributed by atoms with Gasteiger partial charge in [-0.3, -0.25) is 9.98 Å². The Morgan fingerprint density at radius 2 is 2.15 bits per heavy atom. The van der Waals surface area contributed by atoms with E-state index in [0.29, 0.717) is 34.7 Å². The van der Waals surface area contributed by atoms with Crippen LogP contribution in [0.25, 0.3) is 16.8 Å². The lowest BCUT2D eigenvalue weighted by molar-refractivity contribution is 0.125. The summed E-state index contributed by atoms with van der Waals surface area (Å²) in [6.45, 7) is 1.74. The lowest BCUT2D eigenvalue weighted by Crippen LogP contribution is -2.21. The molecule has 9 heteroatoms. The van der Waals surface area contributed by atoms with Crippen molar-refractivity contribution in [2.24, 2.45) is 10.9 Å². The van der Waals surface area contributed by atoms with Crippen LogP contribution in [0.1, 0.15) is 19.0 Å². The summed E-state index contributed by atoms with van der Waals surface area (Å²) >= 11 is 0. The SMILES string of the molecule is CC1=Nc2ccc(-c3c(F)cn4nc(N)ncc34)nc2CC1CC(F)F. The van der Waals surface area contributed by atoms with Gasteiger partial charge in [-0.05, 0) is 19.1 Å². The normalized spacial score (nSPS) is 16.8. The van der Waals surface area contributed by atoms with E-state index in [2.05, 4.69) is 20.1 Å². The summed E-state index contributed by atoms with van der Waals surface area (Å²) in [6.07, 6.45) is 0.289. The van der Waals surface area contributed by atoms with Crippen LogP contribution in [-0.4, -0.2) is 31.7 Å². The van der Waals surface area contributed by atoms with E-state index < -0.39 is 12.2 Å². The highest BCUT2D eigenvalue weighted by Gasteiger charge is 2.25. The number of pyridine rings is 1. The molecule has 0 radical (unpaired) electrons. The van der Waals surface area contributed by atoms with Crippen LogP contribution in [0.3, 0.4) is 0 Å². The van der Waals surface area contributed by atoms with E-state index in [4.69, 9.17) is 5.73 Å². The van der Waals surface area contributed by atoms with Gasteiger partial charge in [-0.1, -0.05) is 0 Å². The highest BCUT2D eigenvalue weighted by molar-refractivity contribution is 5.89. The number of aliphatic imine (C=N–C) groups is 1. The fourth-order valence-electron chi connectivity index (χ4n) is 3.22. The minimum Gasteiger partial charge on any atom is -0.367 e. The van der Waals surface area contributed by atoms with Crippen LogP contribution in [0.4, 0.5) is 24.8 Å². The van der Waals surface area contributed by atoms with E-state index in [-0.39, 0.29) is 23.9 Å². The zero-order valence-electron chi connectivity index (χ0n) is 13.8. The molecule has 0 spiro atoms. The molecule has 3 aromatic rings. The monoisotopic (exact) mass is 360 g/mol. The molecule has 1 aliphatic heterocycles. The Morgan fingerprint density at radius 3 is 2.92 bits per heavy atom. The third kappa shape index (κ3) is 2.79. The number of nitrogens with two attached hydrogens (primary N) is 1. The number of nitrogen functional groups attached to an aromatic ring is 1. The number of aromatic nitrogens is 4. The fraction of sp³-hybridized carbons (Fsp3) is 0.294. The van der Waals surface area contributed by atoms with E-state index in [1.165, 1.54) is 16.9 Å². The summed E-state index contributed by atoms with van der Waals surface area (Å²) in [5, 5.41) is 3.94. The minimum atomic E-state index is -2.41. The molecule has 6 nitrogen and oxygen atoms in total. The number of hydrogen-bond donors (Lipinski definition) is 1. The van der Waals surface area contributed by atoms with Crippen LogP contribution in [0, 0.1) is 11.7 Å². The van der Waals surface area contributed by atoms with Gasteiger partial charge in [0.25, 0.3) is 0 Å². The lowest BCUT2D eigenvalue weighted by atomic mass is 9.91. The van der Waals surface area contributed by atoms with Crippen LogP contribution >= 0.6 is 0 Å². The van der Waals surface area contributed by atoms with Crippen molar-refractivity contribution >= 4 is 22.9 Å². The van der Waals surface area contributed by atoms with Gasteiger partial charge in [-0.15, -0.1) is 5.10 Å². The molecular formula is C17H15F3N6. The second-order valence-corrected chi connectivity index (χ2v) is 6.24. The van der Waals surface area contributed by atoms with Crippen LogP contribution in [0.5, 0.6) is 0 Å². The Kier molecular flexibility index (Phi) is 3.86. The Labute approximate surface area is 146 Å². The largest absolute Gasteiger partial charge is 0.367 e. The van der Waals surface area contributed by atoms with E-state index in [9.17, 15) is 13.2 Å². The summed E-state index contributed by atoms with van der Waals surface area (Å²) in [7, 11) is 0. The maximum Gasteiger partial charge on any atom is 0.239 e. The van der Waals surface area contributed by atoms with Gasteiger partial charge < -0.3 is 5.73 Å². The van der Waals surface area contributed by atoms with Gasteiger partial charge in [0.2, 0.25) is 12.4 Å². The molecule has 0 saturated carbocycles. The third-order valence-electron chi connectivity index (χ3n) is 4.50. The number of nitrogens with zero attached hydrogens (tertiary/aromatic N) is 5. The Morgan fingerprint density at radius 1 is 1.35 bits per heavy atom. The number of alkyl halides is 2. The molecule has 0 saturated heterocycles. The topological polar surface area (TPSA) is 81.5 Å². The number of halogens is 3. The van der Waals surface area contributed by atoms with Crippen molar-refractivity contribution in [1.29, 1.82) is 0 Å². The van der Waals surface area contributed by atoms with Gasteiger partial charge in [0.15, 0.2) is 5.82 Å². The molecule has 0 bridgehead atoms. The summed E-state index contributed by atoms with van der Waals surface area (Å²) < 4.78 is 41.3. The predicted octanol–water partition coefficient (Wildman–Crippen LogP) is 3.43. The van der Waals surface area contributed by atoms with Crippen molar-refractivity contribution < 1.29 is 13.2 Å². The average Bonchev–Trinajstić information content (AvgIpc) is 2.89. The van der Waals surface area contributed by atoms with Crippen molar-refractivity contribution in [2.45, 2.75) is 26.2 Å². The summed E-state index contributed by atoms with van der Waals surface area (Å²) in [5.74, 6) is -0.863. The standard InChI is InChI=1S/C17H15F3N6/c1-8-9(5-15(19)20)4-13-11(23-8)2-3-12(24-13)16-10(18)7-26-14(16)6-22-17(21)25-26/h2-3,6-7,9,15H,4-5H2,1H3,(H2,21,25). The van der Waals surface area contributed by atoms with Crippen LogP contribution in [0.15, 0.2) is 29.5 Å². The zero-order valence-corrected chi connectivity index (χ0v) is 13.8. The Balaban J connectivity index is 1.79. The first-order chi connectivity index (χ1) is 12.4. The maximum absolute atomic E-state index is 14.5. The molecule has 1 aliphatic rings. The Bertz CT molecular complexity index is 1030. The molecule has 134 valence electrons. The van der Waals surface area contributed by atoms with Crippen LogP contribution < -0.4 is 5.73 Å². The molecule has 4 heterocycles. The quantitative estimate of drug-likeness (QED) is 0.776. The minimum absolute atomic E-state index is 0.0251. The van der Waals surface area contributed by atoms with Gasteiger partial charge in [0.1, 0.15) is 0 Å². The zero-order chi connectivity index (χ0) is 18.4. The molecular weight excluding hydrogens is 345 g/mol. The first kappa shape index (κ1) is 16.5. The van der Waals surface area contributed by atoms with Crippen molar-refractivity contribution in [1.82, 2.24) is 19.6 Å². The third-order valence-corrected chi connectivity index (χ3v) is 4.50. The number of fused-ring (bicyclic) bond motifs is 2. The number of anilines is 1. The second-order valence-electron chi connectivity index (χ2n) is 6.24. The highest BCUT2D eigenvalue weighted by Crippen LogP contribution is 2.34. The van der Waals surface area contributed by atoms with Crippen molar-refractivity contribution in [3.05, 3.63) is 36.0 Å². The van der Waals surface area contributed by atoms with E-state index in [1.807, 2.05) is 0 Å². The van der Waals surface area contributed by atoms with Crippen LogP contribution in [-0.2, 0) is 6.42 Å². The van der Waals surface area contributed by atoms with Gasteiger partial charge >= 0.3 is 0 Å². The molecule has 3 aromatic heterocycles. The number of rotatable bonds is 3. The van der Waals surface area contributed by atoms with Crippen molar-refractivity contribution in [3.63, 3.8) is 0 Å². The smallest absolute Gasteiger partial charge is 0.239 e. The van der Waals surface area contributed by atoms with E-state index >= 15 is 0 Å². The van der Waals surface area contributed by atoms with Gasteiger partial charge in [0, 0.05) is 24.5 Å². The van der Waals surface area contributed by atoms with Crippen LogP contribution in [0.2, 0.25) is 0 Å². The molecule has 1 unspecified atom stereocenters. The molecule has 0 aromatic carbocycles. The Hall–Kier alpha value is -2.97. The lowest BCUT2D eigenvalue weighted by Gasteiger charge is -2.22. The molecule has 1 atom stereocenters. The molecule has 4 rings (SSSR count). The summed E-state index contributed by atoms with van der Waals surface area (Å²) in [5.41, 5.74) is 8.43. The van der Waals surface area contributed by atoms with Crippen molar-refractivity contribution in [2.75, 3.05) is 5.73 Å². The first-order valence-corrected chi connectivity index (χ1v) is 8.05. The summed E-state index contributed by atoms with van der Waals surface area (Å²) in [6, 6.07) is 3.37. The van der Waals surface area contributed by atoms with Gasteiger partial charge in [-0.2, -0.15) is 0 Å². The van der Waals surface area contributed by atoms with E-state index in [1.54, 1.807) is 19.1 Å². The van der Waals surface area contributed by atoms with Crippen molar-refractivity contribution in [3.8, 4) is 11.3 Å². The van der Waals surface area contributed by atoms with E-state index in [0.717, 1.165) is 0 Å². The molecule has 0 amide bonds. The highest BCUT2D eigenvalue weighted by atomic mass is 19.3. The fourth-order valence-corrected chi connectivity index (χ4v) is 3.22. The summed E-state index contributed by atoms with van der Waals surface area (Å²) in [4.78, 5) is 12.8. The first-order valence-electron chi connectivity index (χ1n) is 8.05. The molecule has 26 heavy (non-hydrogen) atoms. The molecule has 0 fully saturated rings. The maximum atomic E-state index is 14.5. The second kappa shape index (κ2) is 6.08. The number of hydrogen-bond acceptors (Lipinski definition) is 5.